The van der Waals surface area contributed by atoms with Gasteiger partial charge in [-0.1, -0.05) is 6.07 Å². The Hall–Kier alpha value is -1.51. The van der Waals surface area contributed by atoms with Gasteiger partial charge in [-0.25, -0.2) is 0 Å². The molecule has 9 heteroatoms. The van der Waals surface area contributed by atoms with Crippen molar-refractivity contribution in [1.29, 1.82) is 0 Å². The van der Waals surface area contributed by atoms with Crippen molar-refractivity contribution in [3.05, 3.63) is 29.3 Å². The zero-order chi connectivity index (χ0) is 19.2. The van der Waals surface area contributed by atoms with E-state index in [1.807, 2.05) is 32.0 Å². The molecule has 1 heterocycles. The van der Waals surface area contributed by atoms with Crippen LogP contribution in [0.25, 0.3) is 0 Å². The molecule has 1 saturated heterocycles. The Morgan fingerprint density at radius 1 is 1.22 bits per heavy atom. The fraction of sp³-hybridized carbons (Fsp3) is 0.611. The molecule has 1 aromatic carbocycles. The lowest BCUT2D eigenvalue weighted by atomic mass is 10.1. The Labute approximate surface area is 164 Å². The molecule has 0 aromatic heterocycles. The van der Waals surface area contributed by atoms with Crippen molar-refractivity contribution in [3.8, 4) is 5.75 Å². The predicted octanol–water partition coefficient (Wildman–Crippen LogP) is 2.45. The Morgan fingerprint density at radius 3 is 2.37 bits per heavy atom. The zero-order valence-electron chi connectivity index (χ0n) is 15.6. The Morgan fingerprint density at radius 2 is 1.81 bits per heavy atom. The number of ether oxygens (including phenoxy) is 1. The molecule has 0 saturated carbocycles. The maximum atomic E-state index is 13.3. The number of piperazine rings is 1. The van der Waals surface area contributed by atoms with Crippen molar-refractivity contribution in [3.63, 3.8) is 0 Å². The van der Waals surface area contributed by atoms with Crippen LogP contribution in [0, 0.1) is 13.8 Å². The summed E-state index contributed by atoms with van der Waals surface area (Å²) in [7, 11) is 0. The maximum Gasteiger partial charge on any atom is 0.405 e. The normalized spacial score (nSPS) is 16.3. The minimum absolute atomic E-state index is 0. The summed E-state index contributed by atoms with van der Waals surface area (Å²) in [5.41, 5.74) is 2.10. The third-order valence-electron chi connectivity index (χ3n) is 4.26. The molecular weight excluding hydrogens is 383 g/mol. The molecule has 1 amide bonds. The number of carbonyl (C=O) groups excluding carboxylic acids is 1. The second-order valence-corrected chi connectivity index (χ2v) is 6.57. The molecule has 0 spiro atoms. The van der Waals surface area contributed by atoms with Crippen LogP contribution in [0.2, 0.25) is 0 Å². The number of aryl methyl sites for hydroxylation is 2. The van der Waals surface area contributed by atoms with Gasteiger partial charge < -0.3 is 15.4 Å². The summed E-state index contributed by atoms with van der Waals surface area (Å²) >= 11 is 0. The fourth-order valence-corrected chi connectivity index (χ4v) is 3.02. The van der Waals surface area contributed by atoms with Gasteiger partial charge in [-0.05, 0) is 37.1 Å². The number of alkyl halides is 3. The summed E-state index contributed by atoms with van der Waals surface area (Å²) in [6, 6.07) is 4.06. The Kier molecular flexibility index (Phi) is 9.35. The molecular formula is C18H27ClF3N3O2. The largest absolute Gasteiger partial charge is 0.493 e. The van der Waals surface area contributed by atoms with E-state index in [4.69, 9.17) is 4.74 Å². The van der Waals surface area contributed by atoms with Gasteiger partial charge in [0.1, 0.15) is 11.8 Å². The third kappa shape index (κ3) is 7.94. The molecule has 5 nitrogen and oxygen atoms in total. The number of nitrogens with zero attached hydrogens (tertiary/aromatic N) is 1. The predicted molar refractivity (Wildman–Crippen MR) is 101 cm³/mol. The zero-order valence-corrected chi connectivity index (χ0v) is 16.4. The van der Waals surface area contributed by atoms with Crippen molar-refractivity contribution in [2.75, 3.05) is 39.3 Å². The van der Waals surface area contributed by atoms with Crippen LogP contribution in [0.5, 0.6) is 5.75 Å². The summed E-state index contributed by atoms with van der Waals surface area (Å²) in [5.74, 6) is 0.211. The molecule has 2 N–H and O–H groups in total. The number of carbonyl (C=O) groups is 1. The summed E-state index contributed by atoms with van der Waals surface area (Å²) in [5, 5.41) is 5.42. The van der Waals surface area contributed by atoms with Crippen LogP contribution in [-0.2, 0) is 4.79 Å². The van der Waals surface area contributed by atoms with Gasteiger partial charge in [-0.15, -0.1) is 12.4 Å². The van der Waals surface area contributed by atoms with Gasteiger partial charge in [0, 0.05) is 32.7 Å². The number of halogens is 4. The standard InChI is InChI=1S/C18H26F3N3O2.ClH/c1-13-9-14(2)11-15(10-13)26-8-3-17(25)23-12-16(18(19,20)21)24-6-4-22-5-7-24;/h9-11,16,22H,3-8,12H2,1-2H3,(H,23,25);1H. The molecule has 0 aliphatic carbocycles. The molecule has 154 valence electrons. The molecule has 1 aliphatic rings. The summed E-state index contributed by atoms with van der Waals surface area (Å²) in [4.78, 5) is 13.3. The molecule has 1 fully saturated rings. The Balaban J connectivity index is 0.00000364. The van der Waals surface area contributed by atoms with Gasteiger partial charge >= 0.3 is 6.18 Å². The number of hydrogen-bond donors (Lipinski definition) is 2. The first kappa shape index (κ1) is 23.5. The summed E-state index contributed by atoms with van der Waals surface area (Å²) in [6.07, 6.45) is -4.36. The monoisotopic (exact) mass is 409 g/mol. The average molecular weight is 410 g/mol. The van der Waals surface area contributed by atoms with Crippen LogP contribution < -0.4 is 15.4 Å². The van der Waals surface area contributed by atoms with Crippen molar-refractivity contribution in [2.45, 2.75) is 32.5 Å². The van der Waals surface area contributed by atoms with Gasteiger partial charge in [0.2, 0.25) is 5.91 Å². The van der Waals surface area contributed by atoms with Crippen LogP contribution in [0.1, 0.15) is 17.5 Å². The van der Waals surface area contributed by atoms with E-state index in [0.717, 1.165) is 11.1 Å². The highest BCUT2D eigenvalue weighted by Crippen LogP contribution is 2.24. The first-order valence-electron chi connectivity index (χ1n) is 8.75. The first-order chi connectivity index (χ1) is 12.3. The van der Waals surface area contributed by atoms with Crippen LogP contribution in [0.3, 0.4) is 0 Å². The van der Waals surface area contributed by atoms with Crippen molar-refractivity contribution in [2.24, 2.45) is 0 Å². The first-order valence-corrected chi connectivity index (χ1v) is 8.75. The van der Waals surface area contributed by atoms with E-state index in [1.54, 1.807) is 0 Å². The van der Waals surface area contributed by atoms with E-state index < -0.39 is 24.7 Å². The lowest BCUT2D eigenvalue weighted by Gasteiger charge is -2.35. The topological polar surface area (TPSA) is 53.6 Å². The van der Waals surface area contributed by atoms with Crippen molar-refractivity contribution >= 4 is 18.3 Å². The van der Waals surface area contributed by atoms with E-state index in [0.29, 0.717) is 31.9 Å². The summed E-state index contributed by atoms with van der Waals surface area (Å²) in [6.45, 7) is 5.24. The van der Waals surface area contributed by atoms with Gasteiger partial charge in [0.15, 0.2) is 0 Å². The van der Waals surface area contributed by atoms with Crippen LogP contribution in [-0.4, -0.2) is 62.4 Å². The van der Waals surface area contributed by atoms with Gasteiger partial charge in [-0.3, -0.25) is 9.69 Å². The van der Waals surface area contributed by atoms with Crippen LogP contribution >= 0.6 is 12.4 Å². The maximum absolute atomic E-state index is 13.3. The smallest absolute Gasteiger partial charge is 0.405 e. The number of hydrogen-bond acceptors (Lipinski definition) is 4. The van der Waals surface area contributed by atoms with E-state index in [9.17, 15) is 18.0 Å². The second-order valence-electron chi connectivity index (χ2n) is 6.57. The van der Waals surface area contributed by atoms with E-state index in [2.05, 4.69) is 10.6 Å². The highest BCUT2D eigenvalue weighted by atomic mass is 35.5. The Bertz CT molecular complexity index is 588. The molecule has 0 radical (unpaired) electrons. The van der Waals surface area contributed by atoms with Gasteiger partial charge in [0.25, 0.3) is 0 Å². The molecule has 1 unspecified atom stereocenters. The van der Waals surface area contributed by atoms with E-state index in [-0.39, 0.29) is 25.4 Å². The molecule has 1 aromatic rings. The molecule has 1 aliphatic heterocycles. The number of rotatable bonds is 7. The fourth-order valence-electron chi connectivity index (χ4n) is 3.02. The van der Waals surface area contributed by atoms with Crippen LogP contribution in [0.15, 0.2) is 18.2 Å². The van der Waals surface area contributed by atoms with E-state index >= 15 is 0 Å². The molecule has 0 bridgehead atoms. The van der Waals surface area contributed by atoms with Gasteiger partial charge in [-0.2, -0.15) is 13.2 Å². The highest BCUT2D eigenvalue weighted by Gasteiger charge is 2.43. The average Bonchev–Trinajstić information content (AvgIpc) is 2.54. The van der Waals surface area contributed by atoms with Crippen molar-refractivity contribution in [1.82, 2.24) is 15.5 Å². The van der Waals surface area contributed by atoms with Crippen LogP contribution in [0.4, 0.5) is 13.2 Å². The molecule has 27 heavy (non-hydrogen) atoms. The third-order valence-corrected chi connectivity index (χ3v) is 4.26. The van der Waals surface area contributed by atoms with Gasteiger partial charge in [0.05, 0.1) is 13.0 Å². The van der Waals surface area contributed by atoms with Crippen molar-refractivity contribution < 1.29 is 22.7 Å². The number of nitrogens with one attached hydrogen (secondary N) is 2. The van der Waals surface area contributed by atoms with E-state index in [1.165, 1.54) is 4.90 Å². The number of benzene rings is 1. The minimum Gasteiger partial charge on any atom is -0.493 e. The minimum atomic E-state index is -4.37. The second kappa shape index (κ2) is 10.7. The number of amides is 1. The SMILES string of the molecule is Cc1cc(C)cc(OCCC(=O)NCC(N2CCNCC2)C(F)(F)F)c1.Cl. The molecule has 2 rings (SSSR count). The highest BCUT2D eigenvalue weighted by molar-refractivity contribution is 5.85. The summed E-state index contributed by atoms with van der Waals surface area (Å²) < 4.78 is 45.3. The lowest BCUT2D eigenvalue weighted by Crippen LogP contribution is -2.57. The quantitative estimate of drug-likeness (QED) is 0.726. The lowest BCUT2D eigenvalue weighted by molar-refractivity contribution is -0.184. The molecule has 1 atom stereocenters.